The highest BCUT2D eigenvalue weighted by molar-refractivity contribution is 7.93. The third-order valence-electron chi connectivity index (χ3n) is 4.75. The van der Waals surface area contributed by atoms with E-state index in [1.807, 2.05) is 39.6 Å². The van der Waals surface area contributed by atoms with Gasteiger partial charge in [0.2, 0.25) is 0 Å². The molecule has 0 saturated heterocycles. The van der Waals surface area contributed by atoms with Gasteiger partial charge in [-0.15, -0.1) is 0 Å². The van der Waals surface area contributed by atoms with Gasteiger partial charge in [0.15, 0.2) is 0 Å². The molecule has 0 fully saturated rings. The van der Waals surface area contributed by atoms with Gasteiger partial charge in [0.05, 0.1) is 43.8 Å². The van der Waals surface area contributed by atoms with Crippen LogP contribution in [0, 0.1) is 12.8 Å². The van der Waals surface area contributed by atoms with Gasteiger partial charge in [0.1, 0.15) is 0 Å². The molecule has 0 aromatic heterocycles. The first-order chi connectivity index (χ1) is 14.9. The second-order valence-corrected chi connectivity index (χ2v) is 10.8. The van der Waals surface area contributed by atoms with E-state index in [0.717, 1.165) is 24.2 Å². The van der Waals surface area contributed by atoms with Crippen LogP contribution >= 0.6 is 11.6 Å². The molecule has 9 heteroatoms. The van der Waals surface area contributed by atoms with Crippen LogP contribution in [0.3, 0.4) is 0 Å². The lowest BCUT2D eigenvalue weighted by molar-refractivity contribution is -0.137. The van der Waals surface area contributed by atoms with Gasteiger partial charge in [-0.2, -0.15) is 13.2 Å². The largest absolute Gasteiger partial charge is 0.416 e. The Morgan fingerprint density at radius 1 is 1.22 bits per heavy atom. The first-order valence-corrected chi connectivity index (χ1v) is 12.3. The van der Waals surface area contributed by atoms with Crippen LogP contribution in [0.2, 0.25) is 5.02 Å². The van der Waals surface area contributed by atoms with E-state index in [2.05, 4.69) is 9.36 Å². The van der Waals surface area contributed by atoms with E-state index in [-0.39, 0.29) is 18.2 Å². The van der Waals surface area contributed by atoms with Gasteiger partial charge >= 0.3 is 6.18 Å². The molecule has 1 atom stereocenters. The van der Waals surface area contributed by atoms with Crippen LogP contribution in [0.1, 0.15) is 37.5 Å². The minimum Gasteiger partial charge on any atom is -0.366 e. The molecule has 0 bridgehead atoms. The molecule has 0 aliphatic heterocycles. The van der Waals surface area contributed by atoms with Crippen LogP contribution in [0.5, 0.6) is 0 Å². The molecular weight excluding hydrogens is 459 g/mol. The Morgan fingerprint density at radius 3 is 2.50 bits per heavy atom. The van der Waals surface area contributed by atoms with Gasteiger partial charge in [-0.3, -0.25) is 0 Å². The summed E-state index contributed by atoms with van der Waals surface area (Å²) in [6.07, 6.45) is -2.77. The van der Waals surface area contributed by atoms with Gasteiger partial charge in [0, 0.05) is 19.3 Å². The second-order valence-electron chi connectivity index (χ2n) is 8.07. The quantitative estimate of drug-likeness (QED) is 0.298. The summed E-state index contributed by atoms with van der Waals surface area (Å²) in [4.78, 5) is 6.77. The average molecular weight is 488 g/mol. The molecule has 32 heavy (non-hydrogen) atoms. The van der Waals surface area contributed by atoms with Gasteiger partial charge in [-0.1, -0.05) is 37.6 Å². The zero-order valence-electron chi connectivity index (χ0n) is 18.9. The van der Waals surface area contributed by atoms with Gasteiger partial charge < -0.3 is 4.90 Å². The zero-order chi connectivity index (χ0) is 24.1. The molecule has 0 aliphatic rings. The maximum absolute atomic E-state index is 14.0. The average Bonchev–Trinajstić information content (AvgIpc) is 2.71. The van der Waals surface area contributed by atoms with Crippen molar-refractivity contribution in [3.63, 3.8) is 0 Å². The SMILES string of the molecule is CCN(C)C=Nc1cc(C)c(S(=O)(CC(C)C)=NCc2cccc(C(F)(F)F)c2)cc1Cl. The van der Waals surface area contributed by atoms with Gasteiger partial charge in [0.25, 0.3) is 0 Å². The molecule has 2 rings (SSSR count). The van der Waals surface area contributed by atoms with E-state index in [1.165, 1.54) is 6.07 Å². The molecule has 0 amide bonds. The topological polar surface area (TPSA) is 45.0 Å². The van der Waals surface area contributed by atoms with Crippen molar-refractivity contribution in [2.75, 3.05) is 19.3 Å². The maximum atomic E-state index is 14.0. The smallest absolute Gasteiger partial charge is 0.366 e. The van der Waals surface area contributed by atoms with E-state index in [0.29, 0.717) is 21.2 Å². The number of aryl methyl sites for hydroxylation is 1. The third kappa shape index (κ3) is 6.97. The first kappa shape index (κ1) is 26.2. The third-order valence-corrected chi connectivity index (χ3v) is 7.84. The monoisotopic (exact) mass is 487 g/mol. The van der Waals surface area contributed by atoms with Crippen molar-refractivity contribution in [3.05, 3.63) is 58.1 Å². The molecule has 0 radical (unpaired) electrons. The molecule has 0 spiro atoms. The van der Waals surface area contributed by atoms with Gasteiger partial charge in [-0.25, -0.2) is 13.6 Å². The van der Waals surface area contributed by atoms with Crippen molar-refractivity contribution < 1.29 is 17.4 Å². The van der Waals surface area contributed by atoms with Crippen LogP contribution in [-0.2, 0) is 22.5 Å². The highest BCUT2D eigenvalue weighted by atomic mass is 35.5. The Bertz CT molecular complexity index is 1090. The Kier molecular flexibility index (Phi) is 8.76. The number of hydrogen-bond acceptors (Lipinski definition) is 3. The summed E-state index contributed by atoms with van der Waals surface area (Å²) in [6, 6.07) is 8.32. The predicted octanol–water partition coefficient (Wildman–Crippen LogP) is 6.96. The van der Waals surface area contributed by atoms with Crippen LogP contribution in [0.15, 0.2) is 50.6 Å². The van der Waals surface area contributed by atoms with E-state index in [9.17, 15) is 17.4 Å². The lowest BCUT2D eigenvalue weighted by Crippen LogP contribution is -2.15. The number of aliphatic imine (C=N–C) groups is 1. The van der Waals surface area contributed by atoms with Crippen LogP contribution in [0.4, 0.5) is 18.9 Å². The molecule has 0 aliphatic carbocycles. The highest BCUT2D eigenvalue weighted by Crippen LogP contribution is 2.33. The fourth-order valence-electron chi connectivity index (χ4n) is 3.02. The molecule has 4 nitrogen and oxygen atoms in total. The van der Waals surface area contributed by atoms with Crippen molar-refractivity contribution >= 4 is 33.4 Å². The molecular formula is C23H29ClF3N3OS. The fraction of sp³-hybridized carbons (Fsp3) is 0.435. The first-order valence-electron chi connectivity index (χ1n) is 10.3. The van der Waals surface area contributed by atoms with E-state index in [1.54, 1.807) is 24.5 Å². The minimum atomic E-state index is -4.44. The molecule has 1 unspecified atom stereocenters. The summed E-state index contributed by atoms with van der Waals surface area (Å²) >= 11 is 6.43. The number of halogens is 4. The van der Waals surface area contributed by atoms with Crippen LogP contribution in [-0.4, -0.2) is 34.8 Å². The molecule has 2 aromatic rings. The summed E-state index contributed by atoms with van der Waals surface area (Å²) in [6.45, 7) is 8.36. The lowest BCUT2D eigenvalue weighted by Gasteiger charge is -2.17. The molecule has 0 saturated carbocycles. The number of hydrogen-bond donors (Lipinski definition) is 0. The van der Waals surface area contributed by atoms with Gasteiger partial charge in [-0.05, 0) is 55.2 Å². The Morgan fingerprint density at radius 2 is 1.91 bits per heavy atom. The van der Waals surface area contributed by atoms with Crippen molar-refractivity contribution in [2.24, 2.45) is 15.3 Å². The second kappa shape index (κ2) is 10.7. The number of rotatable bonds is 8. The Hall–Kier alpha value is -2.06. The van der Waals surface area contributed by atoms with E-state index < -0.39 is 21.5 Å². The highest BCUT2D eigenvalue weighted by Gasteiger charge is 2.30. The van der Waals surface area contributed by atoms with Crippen molar-refractivity contribution in [1.29, 1.82) is 0 Å². The number of benzene rings is 2. The Labute approximate surface area is 193 Å². The van der Waals surface area contributed by atoms with Crippen LogP contribution in [0.25, 0.3) is 0 Å². The van der Waals surface area contributed by atoms with E-state index in [4.69, 9.17) is 11.6 Å². The predicted molar refractivity (Wildman–Crippen MR) is 126 cm³/mol. The molecule has 0 N–H and O–H groups in total. The molecule has 0 heterocycles. The van der Waals surface area contributed by atoms with Crippen molar-refractivity contribution in [3.8, 4) is 0 Å². The fourth-order valence-corrected chi connectivity index (χ4v) is 5.85. The standard InChI is InChI=1S/C23H29ClF3N3OS/c1-6-30(5)15-28-21-10-17(4)22(12-20(21)24)32(31,14-16(2)3)29-13-18-8-7-9-19(11-18)23(25,26)27/h7-12,15-16H,6,13-14H2,1-5H3. The van der Waals surface area contributed by atoms with Crippen LogP contribution < -0.4 is 0 Å². The zero-order valence-corrected chi connectivity index (χ0v) is 20.5. The lowest BCUT2D eigenvalue weighted by atomic mass is 10.1. The van der Waals surface area contributed by atoms with E-state index >= 15 is 0 Å². The molecule has 176 valence electrons. The summed E-state index contributed by atoms with van der Waals surface area (Å²) in [5.41, 5.74) is 0.875. The number of alkyl halides is 3. The maximum Gasteiger partial charge on any atom is 0.416 e. The normalized spacial score (nSPS) is 14.1. The Balaban J connectivity index is 2.50. The van der Waals surface area contributed by atoms with Crippen molar-refractivity contribution in [1.82, 2.24) is 4.90 Å². The van der Waals surface area contributed by atoms with Crippen molar-refractivity contribution in [2.45, 2.75) is 45.3 Å². The molecule has 2 aromatic carbocycles. The number of nitrogens with zero attached hydrogens (tertiary/aromatic N) is 3. The summed E-state index contributed by atoms with van der Waals surface area (Å²) in [7, 11) is -1.03. The summed E-state index contributed by atoms with van der Waals surface area (Å²) in [5, 5.41) is 0.345. The summed E-state index contributed by atoms with van der Waals surface area (Å²) in [5.74, 6) is 0.325. The minimum absolute atomic E-state index is 0.0573. The summed E-state index contributed by atoms with van der Waals surface area (Å²) < 4.78 is 57.5.